The minimum atomic E-state index is -0.430. The van der Waals surface area contributed by atoms with E-state index in [2.05, 4.69) is 20.2 Å². The normalized spacial score (nSPS) is 10.4. The van der Waals surface area contributed by atoms with Gasteiger partial charge in [0.1, 0.15) is 0 Å². The van der Waals surface area contributed by atoms with Crippen molar-refractivity contribution in [3.63, 3.8) is 0 Å². The predicted molar refractivity (Wildman–Crippen MR) is 99.5 cm³/mol. The van der Waals surface area contributed by atoms with E-state index in [1.54, 1.807) is 48.5 Å². The summed E-state index contributed by atoms with van der Waals surface area (Å²) in [5.41, 5.74) is 1.78. The summed E-state index contributed by atoms with van der Waals surface area (Å²) < 4.78 is 9.81. The first-order valence-corrected chi connectivity index (χ1v) is 8.49. The third kappa shape index (κ3) is 4.92. The van der Waals surface area contributed by atoms with Crippen molar-refractivity contribution in [1.82, 2.24) is 10.1 Å². The van der Waals surface area contributed by atoms with E-state index >= 15 is 0 Å². The van der Waals surface area contributed by atoms with E-state index in [0.717, 1.165) is 5.56 Å². The van der Waals surface area contributed by atoms with Crippen molar-refractivity contribution in [2.24, 2.45) is 0 Å². The Morgan fingerprint density at radius 1 is 1.11 bits per heavy atom. The molecule has 0 spiro atoms. The molecule has 0 aliphatic carbocycles. The number of esters is 1. The van der Waals surface area contributed by atoms with E-state index in [9.17, 15) is 9.59 Å². The number of nitrogens with one attached hydrogen (secondary N) is 1. The number of carbonyl (C=O) groups is 2. The van der Waals surface area contributed by atoms with Crippen molar-refractivity contribution in [3.8, 4) is 11.4 Å². The number of benzene rings is 2. The molecule has 138 valence electrons. The quantitative estimate of drug-likeness (QED) is 0.649. The van der Waals surface area contributed by atoms with E-state index in [-0.39, 0.29) is 12.3 Å². The molecule has 0 saturated carbocycles. The van der Waals surface area contributed by atoms with E-state index < -0.39 is 5.97 Å². The molecule has 27 heavy (non-hydrogen) atoms. The lowest BCUT2D eigenvalue weighted by molar-refractivity contribution is -0.116. The van der Waals surface area contributed by atoms with Crippen LogP contribution in [-0.2, 0) is 16.0 Å². The van der Waals surface area contributed by atoms with Crippen LogP contribution in [0.1, 0.15) is 22.7 Å². The summed E-state index contributed by atoms with van der Waals surface area (Å²) in [6, 6.07) is 13.5. The zero-order chi connectivity index (χ0) is 19.2. The second kappa shape index (κ2) is 8.46. The average molecular weight is 386 g/mol. The topological polar surface area (TPSA) is 94.3 Å². The number of methoxy groups -OCH3 is 1. The van der Waals surface area contributed by atoms with Gasteiger partial charge in [0.25, 0.3) is 0 Å². The number of aryl methyl sites for hydroxylation is 1. The molecule has 3 rings (SSSR count). The summed E-state index contributed by atoms with van der Waals surface area (Å²) in [5.74, 6) is 0.185. The van der Waals surface area contributed by atoms with Gasteiger partial charge in [-0.1, -0.05) is 16.8 Å². The van der Waals surface area contributed by atoms with Gasteiger partial charge < -0.3 is 14.6 Å². The van der Waals surface area contributed by atoms with Crippen molar-refractivity contribution in [1.29, 1.82) is 0 Å². The summed E-state index contributed by atoms with van der Waals surface area (Å²) in [7, 11) is 1.31. The fraction of sp³-hybridized carbons (Fsp3) is 0.158. The fourth-order valence-electron chi connectivity index (χ4n) is 2.32. The van der Waals surface area contributed by atoms with Gasteiger partial charge in [0.2, 0.25) is 17.6 Å². The Bertz CT molecular complexity index is 936. The van der Waals surface area contributed by atoms with Crippen LogP contribution < -0.4 is 5.32 Å². The molecule has 0 saturated heterocycles. The highest BCUT2D eigenvalue weighted by Gasteiger charge is 2.11. The van der Waals surface area contributed by atoms with Gasteiger partial charge >= 0.3 is 5.97 Å². The van der Waals surface area contributed by atoms with E-state index in [0.29, 0.717) is 34.4 Å². The Morgan fingerprint density at radius 3 is 2.48 bits per heavy atom. The largest absolute Gasteiger partial charge is 0.465 e. The molecule has 1 heterocycles. The van der Waals surface area contributed by atoms with Crippen LogP contribution in [0.4, 0.5) is 5.69 Å². The Morgan fingerprint density at radius 2 is 1.81 bits per heavy atom. The average Bonchev–Trinajstić information content (AvgIpc) is 3.16. The minimum Gasteiger partial charge on any atom is -0.465 e. The van der Waals surface area contributed by atoms with Gasteiger partial charge in [-0.25, -0.2) is 4.79 Å². The molecule has 1 N–H and O–H groups in total. The second-order valence-electron chi connectivity index (χ2n) is 5.64. The van der Waals surface area contributed by atoms with E-state index in [4.69, 9.17) is 16.1 Å². The van der Waals surface area contributed by atoms with E-state index in [1.165, 1.54) is 7.11 Å². The number of carbonyl (C=O) groups excluding carboxylic acids is 2. The summed E-state index contributed by atoms with van der Waals surface area (Å²) in [4.78, 5) is 27.7. The van der Waals surface area contributed by atoms with Gasteiger partial charge in [-0.3, -0.25) is 4.79 Å². The molecule has 8 heteroatoms. The third-order valence-electron chi connectivity index (χ3n) is 3.73. The zero-order valence-corrected chi connectivity index (χ0v) is 15.2. The molecule has 0 atom stereocenters. The number of ether oxygens (including phenoxy) is 1. The van der Waals surface area contributed by atoms with Gasteiger partial charge in [-0.05, 0) is 48.5 Å². The maximum absolute atomic E-state index is 12.1. The van der Waals surface area contributed by atoms with Crippen molar-refractivity contribution in [2.75, 3.05) is 12.4 Å². The standard InChI is InChI=1S/C19H16ClN3O4/c1-26-19(25)13-4-8-15(9-5-13)21-16(24)10-11-17-22-18(23-27-17)12-2-6-14(20)7-3-12/h2-9H,10-11H2,1H3,(H,21,24). The lowest BCUT2D eigenvalue weighted by Crippen LogP contribution is -2.12. The highest BCUT2D eigenvalue weighted by molar-refractivity contribution is 6.30. The number of hydrogen-bond donors (Lipinski definition) is 1. The van der Waals surface area contributed by atoms with Crippen LogP contribution in [-0.4, -0.2) is 29.1 Å². The predicted octanol–water partition coefficient (Wildman–Crippen LogP) is 3.75. The van der Waals surface area contributed by atoms with Crippen LogP contribution in [0, 0.1) is 0 Å². The highest BCUT2D eigenvalue weighted by atomic mass is 35.5. The summed E-state index contributed by atoms with van der Waals surface area (Å²) in [6.45, 7) is 0. The molecule has 0 radical (unpaired) electrons. The number of nitrogens with zero attached hydrogens (tertiary/aromatic N) is 2. The first kappa shape index (κ1) is 18.6. The van der Waals surface area contributed by atoms with Crippen molar-refractivity contribution in [2.45, 2.75) is 12.8 Å². The fourth-order valence-corrected chi connectivity index (χ4v) is 2.45. The zero-order valence-electron chi connectivity index (χ0n) is 14.4. The van der Waals surface area contributed by atoms with Gasteiger partial charge in [0.05, 0.1) is 12.7 Å². The van der Waals surface area contributed by atoms with Gasteiger partial charge in [-0.2, -0.15) is 4.98 Å². The number of aromatic nitrogens is 2. The Balaban J connectivity index is 1.53. The number of amides is 1. The molecule has 2 aromatic carbocycles. The lowest BCUT2D eigenvalue weighted by Gasteiger charge is -2.05. The van der Waals surface area contributed by atoms with Crippen LogP contribution >= 0.6 is 11.6 Å². The molecule has 3 aromatic rings. The molecule has 7 nitrogen and oxygen atoms in total. The van der Waals surface area contributed by atoms with E-state index in [1.807, 2.05) is 0 Å². The highest BCUT2D eigenvalue weighted by Crippen LogP contribution is 2.19. The van der Waals surface area contributed by atoms with Crippen LogP contribution in [0.3, 0.4) is 0 Å². The molecule has 0 fully saturated rings. The summed E-state index contributed by atoms with van der Waals surface area (Å²) >= 11 is 5.86. The number of anilines is 1. The van der Waals surface area contributed by atoms with Crippen molar-refractivity contribution in [3.05, 3.63) is 65.0 Å². The Labute approximate surface area is 160 Å². The van der Waals surface area contributed by atoms with Gasteiger partial charge in [0, 0.05) is 29.1 Å². The molecular weight excluding hydrogens is 370 g/mol. The molecule has 0 bridgehead atoms. The maximum Gasteiger partial charge on any atom is 0.337 e. The molecule has 1 aromatic heterocycles. The van der Waals surface area contributed by atoms with Gasteiger partial charge in [-0.15, -0.1) is 0 Å². The van der Waals surface area contributed by atoms with Crippen LogP contribution in [0.25, 0.3) is 11.4 Å². The summed E-state index contributed by atoms with van der Waals surface area (Å²) in [5, 5.41) is 7.28. The lowest BCUT2D eigenvalue weighted by atomic mass is 10.2. The van der Waals surface area contributed by atoms with Gasteiger partial charge in [0.15, 0.2) is 0 Å². The van der Waals surface area contributed by atoms with Crippen LogP contribution in [0.15, 0.2) is 53.1 Å². The number of rotatable bonds is 6. The number of halogens is 1. The monoisotopic (exact) mass is 385 g/mol. The first-order chi connectivity index (χ1) is 13.0. The van der Waals surface area contributed by atoms with Crippen molar-refractivity contribution < 1.29 is 18.8 Å². The first-order valence-electron chi connectivity index (χ1n) is 8.12. The molecule has 0 aliphatic rings. The SMILES string of the molecule is COC(=O)c1ccc(NC(=O)CCc2nc(-c3ccc(Cl)cc3)no2)cc1. The van der Waals surface area contributed by atoms with Crippen molar-refractivity contribution >= 4 is 29.2 Å². The van der Waals surface area contributed by atoms with Crippen LogP contribution in [0.5, 0.6) is 0 Å². The number of hydrogen-bond acceptors (Lipinski definition) is 6. The summed E-state index contributed by atoms with van der Waals surface area (Å²) in [6.07, 6.45) is 0.494. The third-order valence-corrected chi connectivity index (χ3v) is 3.98. The molecule has 1 amide bonds. The minimum absolute atomic E-state index is 0.182. The Kier molecular flexibility index (Phi) is 5.83. The molecule has 0 aliphatic heterocycles. The molecular formula is C19H16ClN3O4. The Hall–Kier alpha value is -3.19. The van der Waals surface area contributed by atoms with Crippen LogP contribution in [0.2, 0.25) is 5.02 Å². The molecule has 0 unspecified atom stereocenters. The second-order valence-corrected chi connectivity index (χ2v) is 6.07. The smallest absolute Gasteiger partial charge is 0.337 e. The maximum atomic E-state index is 12.1.